The van der Waals surface area contributed by atoms with Gasteiger partial charge in [0.1, 0.15) is 12.7 Å². The van der Waals surface area contributed by atoms with Gasteiger partial charge < -0.3 is 38.1 Å². The lowest BCUT2D eigenvalue weighted by Crippen LogP contribution is -2.62. The highest BCUT2D eigenvalue weighted by atomic mass is 31.2. The van der Waals surface area contributed by atoms with Gasteiger partial charge in [-0.1, -0.05) is 92.4 Å². The van der Waals surface area contributed by atoms with Crippen molar-refractivity contribution >= 4 is 37.7 Å². The maximum atomic E-state index is 13.2. The summed E-state index contributed by atoms with van der Waals surface area (Å²) in [7, 11) is -4.05. The lowest BCUT2D eigenvalue weighted by Gasteiger charge is -2.44. The molecule has 1 heterocycles. The largest absolute Gasteiger partial charge is 0.474 e. The monoisotopic (exact) mass is 810 g/mol. The number of hydrogen-bond donors (Lipinski definition) is 1. The van der Waals surface area contributed by atoms with E-state index in [2.05, 4.69) is 34.6 Å². The molecule has 1 aliphatic heterocycles. The fourth-order valence-corrected chi connectivity index (χ4v) is 7.08. The third kappa shape index (κ3) is 22.0. The lowest BCUT2D eigenvalue weighted by atomic mass is 9.91. The van der Waals surface area contributed by atoms with Crippen LogP contribution in [-0.2, 0) is 70.7 Å². The van der Waals surface area contributed by atoms with Gasteiger partial charge in [-0.3, -0.25) is 28.2 Å². The van der Waals surface area contributed by atoms with Crippen molar-refractivity contribution in [2.45, 2.75) is 163 Å². The van der Waals surface area contributed by atoms with E-state index in [-0.39, 0.29) is 6.61 Å². The van der Waals surface area contributed by atoms with Gasteiger partial charge in [0.2, 0.25) is 6.29 Å². The Hall–Kier alpha value is -2.62. The van der Waals surface area contributed by atoms with E-state index in [4.69, 9.17) is 42.2 Å². The third-order valence-electron chi connectivity index (χ3n) is 9.23. The first-order valence-corrected chi connectivity index (χ1v) is 20.9. The molecule has 0 radical (unpaired) electrons. The van der Waals surface area contributed by atoms with Crippen molar-refractivity contribution in [3.8, 4) is 0 Å². The SMILES string of the molecule is COC(=O)[C@@H](COP(=O)(O)O[C@H]1O[C@H](COC(C)=O)[C@@H](OC(C)=O)[C@H](OC(C)=O)[C@H]1OC(C)=O)OCC[C@H](C)CCC[C@H](C)CCC[C@H](C)CCCC(C)C. The molecule has 10 atom stereocenters. The molecule has 17 heteroatoms. The second kappa shape index (κ2) is 26.3. The minimum absolute atomic E-state index is 0.144. The van der Waals surface area contributed by atoms with Gasteiger partial charge in [0.05, 0.1) is 13.7 Å². The molecule has 1 aliphatic rings. The molecule has 1 fully saturated rings. The molecule has 320 valence electrons. The Morgan fingerprint density at radius 2 is 1.15 bits per heavy atom. The van der Waals surface area contributed by atoms with Crippen LogP contribution in [0.3, 0.4) is 0 Å². The highest BCUT2D eigenvalue weighted by Crippen LogP contribution is 2.47. The summed E-state index contributed by atoms with van der Waals surface area (Å²) in [5.41, 5.74) is 0. The van der Waals surface area contributed by atoms with Gasteiger partial charge in [0.15, 0.2) is 24.4 Å². The van der Waals surface area contributed by atoms with E-state index in [0.29, 0.717) is 18.3 Å². The van der Waals surface area contributed by atoms with Crippen molar-refractivity contribution in [1.29, 1.82) is 0 Å². The summed E-state index contributed by atoms with van der Waals surface area (Å²) < 4.78 is 60.5. The average molecular weight is 811 g/mol. The molecular formula is C38H67O16P. The van der Waals surface area contributed by atoms with Crippen LogP contribution in [0.15, 0.2) is 0 Å². The summed E-state index contributed by atoms with van der Waals surface area (Å²) in [5, 5.41) is 0. The van der Waals surface area contributed by atoms with Crippen LogP contribution in [0.4, 0.5) is 0 Å². The Bertz CT molecular complexity index is 1230. The molecule has 0 spiro atoms. The van der Waals surface area contributed by atoms with Crippen LogP contribution in [0.1, 0.15) is 127 Å². The number of methoxy groups -OCH3 is 1. The van der Waals surface area contributed by atoms with Crippen molar-refractivity contribution in [3.63, 3.8) is 0 Å². The molecular weight excluding hydrogens is 743 g/mol. The first kappa shape index (κ1) is 50.4. The second-order valence-corrected chi connectivity index (χ2v) is 16.5. The molecule has 0 aromatic rings. The number of ether oxygens (including phenoxy) is 7. The Balaban J connectivity index is 2.80. The van der Waals surface area contributed by atoms with Crippen LogP contribution < -0.4 is 0 Å². The zero-order valence-corrected chi connectivity index (χ0v) is 35.4. The molecule has 16 nitrogen and oxygen atoms in total. The van der Waals surface area contributed by atoms with Crippen molar-refractivity contribution in [2.75, 3.05) is 26.9 Å². The van der Waals surface area contributed by atoms with Crippen molar-refractivity contribution in [3.05, 3.63) is 0 Å². The summed E-state index contributed by atoms with van der Waals surface area (Å²) >= 11 is 0. The van der Waals surface area contributed by atoms with E-state index < -0.39 is 87.7 Å². The second-order valence-electron chi connectivity index (χ2n) is 15.1. The number of carbonyl (C=O) groups is 5. The number of phosphoric acid groups is 1. The van der Waals surface area contributed by atoms with Crippen LogP contribution >= 0.6 is 7.82 Å². The predicted molar refractivity (Wildman–Crippen MR) is 199 cm³/mol. The van der Waals surface area contributed by atoms with Gasteiger partial charge >= 0.3 is 37.7 Å². The molecule has 0 aromatic heterocycles. The van der Waals surface area contributed by atoms with Crippen molar-refractivity contribution < 1.29 is 75.6 Å². The Morgan fingerprint density at radius 1 is 0.673 bits per heavy atom. The molecule has 1 unspecified atom stereocenters. The summed E-state index contributed by atoms with van der Waals surface area (Å²) in [5.74, 6) is -1.83. The first-order valence-electron chi connectivity index (χ1n) is 19.4. The maximum Gasteiger partial charge on any atom is 0.474 e. The molecule has 0 aliphatic carbocycles. The molecule has 0 bridgehead atoms. The zero-order chi connectivity index (χ0) is 41.7. The highest BCUT2D eigenvalue weighted by Gasteiger charge is 2.54. The maximum absolute atomic E-state index is 13.2. The van der Waals surface area contributed by atoms with E-state index >= 15 is 0 Å². The standard InChI is InChI=1S/C38H67O16P/c1-24(2)14-11-15-25(3)16-12-17-26(4)18-13-19-27(5)20-21-47-33(37(43)46-10)23-49-55(44,45)54-38-36(52-31(9)42)35(51-30(8)41)34(50-29(7)40)32(53-38)22-48-28(6)39/h24-27,32-36,38H,11-23H2,1-10H3,(H,44,45)/t25-,26-,27-,32-,33-,34-,35+,36-,38-/m1/s1. The summed E-state index contributed by atoms with van der Waals surface area (Å²) in [6.45, 7) is 14.3. The summed E-state index contributed by atoms with van der Waals surface area (Å²) in [4.78, 5) is 70.8. The first-order chi connectivity index (χ1) is 25.7. The van der Waals surface area contributed by atoms with E-state index in [1.54, 1.807) is 0 Å². The molecule has 1 rings (SSSR count). The Labute approximate surface area is 326 Å². The smallest absolute Gasteiger partial charge is 0.467 e. The summed E-state index contributed by atoms with van der Waals surface area (Å²) in [6, 6.07) is 0. The van der Waals surface area contributed by atoms with E-state index in [9.17, 15) is 33.4 Å². The van der Waals surface area contributed by atoms with E-state index in [1.165, 1.54) is 38.5 Å². The van der Waals surface area contributed by atoms with Gasteiger partial charge in [-0.2, -0.15) is 0 Å². The van der Waals surface area contributed by atoms with Crippen LogP contribution in [0.25, 0.3) is 0 Å². The number of rotatable bonds is 27. The molecule has 1 N–H and O–H groups in total. The fraction of sp³-hybridized carbons (Fsp3) is 0.868. The van der Waals surface area contributed by atoms with Crippen molar-refractivity contribution in [2.24, 2.45) is 23.7 Å². The summed E-state index contributed by atoms with van der Waals surface area (Å²) in [6.07, 6.45) is 1.72. The van der Waals surface area contributed by atoms with Crippen LogP contribution in [0, 0.1) is 23.7 Å². The number of hydrogen-bond acceptors (Lipinski definition) is 15. The average Bonchev–Trinajstić information content (AvgIpc) is 3.06. The minimum atomic E-state index is -5.18. The Morgan fingerprint density at radius 3 is 1.62 bits per heavy atom. The van der Waals surface area contributed by atoms with Gasteiger partial charge in [-0.15, -0.1) is 0 Å². The van der Waals surface area contributed by atoms with E-state index in [0.717, 1.165) is 65.9 Å². The quantitative estimate of drug-likeness (QED) is 0.0555. The Kier molecular flexibility index (Phi) is 24.1. The molecule has 0 saturated carbocycles. The molecule has 0 amide bonds. The topological polar surface area (TPSA) is 206 Å². The minimum Gasteiger partial charge on any atom is -0.467 e. The molecule has 0 aromatic carbocycles. The predicted octanol–water partition coefficient (Wildman–Crippen LogP) is 6.23. The van der Waals surface area contributed by atoms with Gasteiger partial charge in [-0.25, -0.2) is 9.36 Å². The fourth-order valence-electron chi connectivity index (χ4n) is 6.26. The number of carbonyl (C=O) groups excluding carboxylic acids is 5. The van der Waals surface area contributed by atoms with E-state index in [1.807, 2.05) is 0 Å². The number of phosphoric ester groups is 1. The van der Waals surface area contributed by atoms with Gasteiger partial charge in [0.25, 0.3) is 0 Å². The lowest BCUT2D eigenvalue weighted by molar-refractivity contribution is -0.291. The number of esters is 5. The van der Waals surface area contributed by atoms with Gasteiger partial charge in [-0.05, 0) is 30.1 Å². The normalized spacial score (nSPS) is 23.1. The van der Waals surface area contributed by atoms with Crippen molar-refractivity contribution in [1.82, 2.24) is 0 Å². The van der Waals surface area contributed by atoms with Gasteiger partial charge in [0, 0.05) is 34.3 Å². The third-order valence-corrected chi connectivity index (χ3v) is 10.2. The highest BCUT2D eigenvalue weighted by molar-refractivity contribution is 7.47. The van der Waals surface area contributed by atoms with Crippen LogP contribution in [0.5, 0.6) is 0 Å². The molecule has 1 saturated heterocycles. The van der Waals surface area contributed by atoms with Crippen LogP contribution in [-0.4, -0.2) is 98.5 Å². The molecule has 55 heavy (non-hydrogen) atoms. The van der Waals surface area contributed by atoms with Crippen LogP contribution in [0.2, 0.25) is 0 Å². The zero-order valence-electron chi connectivity index (χ0n) is 34.5.